The molecule has 1 amide bonds. The molecule has 3 rings (SSSR count). The van der Waals surface area contributed by atoms with E-state index >= 15 is 0 Å². The van der Waals surface area contributed by atoms with E-state index in [1.165, 1.54) is 6.33 Å². The van der Waals surface area contributed by atoms with E-state index in [0.717, 1.165) is 24.2 Å². The van der Waals surface area contributed by atoms with Gasteiger partial charge in [0.1, 0.15) is 17.9 Å². The van der Waals surface area contributed by atoms with Crippen molar-refractivity contribution in [2.45, 2.75) is 12.8 Å². The maximum absolute atomic E-state index is 12.3. The monoisotopic (exact) mass is 313 g/mol. The Morgan fingerprint density at radius 3 is 2.83 bits per heavy atom. The number of ether oxygens (including phenoxy) is 2. The lowest BCUT2D eigenvalue weighted by molar-refractivity contribution is -0.122. The van der Waals surface area contributed by atoms with E-state index in [4.69, 9.17) is 9.47 Å². The first-order valence-corrected chi connectivity index (χ1v) is 7.62. The van der Waals surface area contributed by atoms with Gasteiger partial charge in [-0.2, -0.15) is 0 Å². The SMILES string of the molecule is COc1ccccc1-c1cc(NC(=O)C2CCOCC2)ncn1. The lowest BCUT2D eigenvalue weighted by Crippen LogP contribution is -2.28. The quantitative estimate of drug-likeness (QED) is 0.939. The molecule has 1 aliphatic rings. The summed E-state index contributed by atoms with van der Waals surface area (Å²) in [5.74, 6) is 1.19. The molecule has 0 saturated carbocycles. The molecule has 2 heterocycles. The molecule has 0 atom stereocenters. The second kappa shape index (κ2) is 7.19. The average Bonchev–Trinajstić information content (AvgIpc) is 2.62. The number of anilines is 1. The molecule has 1 fully saturated rings. The molecule has 1 saturated heterocycles. The summed E-state index contributed by atoms with van der Waals surface area (Å²) >= 11 is 0. The largest absolute Gasteiger partial charge is 0.496 e. The molecule has 23 heavy (non-hydrogen) atoms. The summed E-state index contributed by atoms with van der Waals surface area (Å²) in [6.07, 6.45) is 2.94. The minimum absolute atomic E-state index is 0.0158. The van der Waals surface area contributed by atoms with Crippen molar-refractivity contribution in [3.8, 4) is 17.0 Å². The molecule has 6 heteroatoms. The number of amides is 1. The van der Waals surface area contributed by atoms with Crippen LogP contribution in [0.1, 0.15) is 12.8 Å². The number of rotatable bonds is 4. The van der Waals surface area contributed by atoms with Crippen LogP contribution in [0.3, 0.4) is 0 Å². The van der Waals surface area contributed by atoms with E-state index in [2.05, 4.69) is 15.3 Å². The van der Waals surface area contributed by atoms with Gasteiger partial charge in [0.05, 0.1) is 12.8 Å². The van der Waals surface area contributed by atoms with Crippen LogP contribution < -0.4 is 10.1 Å². The number of benzene rings is 1. The van der Waals surface area contributed by atoms with E-state index in [1.807, 2.05) is 24.3 Å². The van der Waals surface area contributed by atoms with E-state index in [1.54, 1.807) is 13.2 Å². The van der Waals surface area contributed by atoms with Crippen LogP contribution in [0.25, 0.3) is 11.3 Å². The summed E-state index contributed by atoms with van der Waals surface area (Å²) < 4.78 is 10.6. The highest BCUT2D eigenvalue weighted by atomic mass is 16.5. The molecule has 0 radical (unpaired) electrons. The van der Waals surface area contributed by atoms with Crippen molar-refractivity contribution >= 4 is 11.7 Å². The Hall–Kier alpha value is -2.47. The van der Waals surface area contributed by atoms with Gasteiger partial charge >= 0.3 is 0 Å². The summed E-state index contributed by atoms with van der Waals surface area (Å²) in [6.45, 7) is 1.27. The fourth-order valence-corrected chi connectivity index (χ4v) is 2.62. The number of nitrogens with zero attached hydrogens (tertiary/aromatic N) is 2. The molecule has 1 aromatic heterocycles. The van der Waals surface area contributed by atoms with Crippen LogP contribution in [0.4, 0.5) is 5.82 Å². The van der Waals surface area contributed by atoms with Gasteiger partial charge in [0.15, 0.2) is 0 Å². The van der Waals surface area contributed by atoms with Crippen molar-refractivity contribution in [1.29, 1.82) is 0 Å². The third kappa shape index (κ3) is 3.65. The minimum atomic E-state index is -0.0200. The van der Waals surface area contributed by atoms with Gasteiger partial charge in [-0.05, 0) is 25.0 Å². The summed E-state index contributed by atoms with van der Waals surface area (Å²) in [5, 5.41) is 2.87. The number of methoxy groups -OCH3 is 1. The molecule has 2 aromatic rings. The van der Waals surface area contributed by atoms with Crippen molar-refractivity contribution < 1.29 is 14.3 Å². The average molecular weight is 313 g/mol. The highest BCUT2D eigenvalue weighted by Gasteiger charge is 2.22. The summed E-state index contributed by atoms with van der Waals surface area (Å²) in [7, 11) is 1.62. The zero-order valence-electron chi connectivity index (χ0n) is 13.0. The Balaban J connectivity index is 1.78. The number of para-hydroxylation sites is 1. The van der Waals surface area contributed by atoms with Crippen LogP contribution in [0.2, 0.25) is 0 Å². The molecule has 1 N–H and O–H groups in total. The summed E-state index contributed by atoms with van der Waals surface area (Å²) in [4.78, 5) is 20.7. The van der Waals surface area contributed by atoms with Gasteiger partial charge in [0.2, 0.25) is 5.91 Å². The third-order valence-electron chi connectivity index (χ3n) is 3.89. The number of aromatic nitrogens is 2. The zero-order valence-corrected chi connectivity index (χ0v) is 13.0. The predicted molar refractivity (Wildman–Crippen MR) is 86.2 cm³/mol. The molecule has 0 aliphatic carbocycles. The fraction of sp³-hybridized carbons (Fsp3) is 0.353. The van der Waals surface area contributed by atoms with E-state index in [9.17, 15) is 4.79 Å². The highest BCUT2D eigenvalue weighted by Crippen LogP contribution is 2.28. The van der Waals surface area contributed by atoms with Gasteiger partial charge in [-0.15, -0.1) is 0 Å². The second-order valence-corrected chi connectivity index (χ2v) is 5.36. The number of carbonyl (C=O) groups is 1. The number of hydrogen-bond acceptors (Lipinski definition) is 5. The van der Waals surface area contributed by atoms with Crippen LogP contribution in [0, 0.1) is 5.92 Å². The topological polar surface area (TPSA) is 73.3 Å². The van der Waals surface area contributed by atoms with Crippen LogP contribution in [-0.2, 0) is 9.53 Å². The van der Waals surface area contributed by atoms with Crippen LogP contribution in [0.15, 0.2) is 36.7 Å². The third-order valence-corrected chi connectivity index (χ3v) is 3.89. The first-order valence-electron chi connectivity index (χ1n) is 7.62. The maximum atomic E-state index is 12.3. The Kier molecular flexibility index (Phi) is 4.83. The van der Waals surface area contributed by atoms with Crippen molar-refractivity contribution in [3.63, 3.8) is 0 Å². The van der Waals surface area contributed by atoms with Gasteiger partial charge in [-0.1, -0.05) is 12.1 Å². The Morgan fingerprint density at radius 1 is 1.26 bits per heavy atom. The van der Waals surface area contributed by atoms with Gasteiger partial charge in [0, 0.05) is 30.8 Å². The van der Waals surface area contributed by atoms with Gasteiger partial charge in [-0.3, -0.25) is 4.79 Å². The zero-order chi connectivity index (χ0) is 16.1. The molecule has 1 aromatic carbocycles. The van der Waals surface area contributed by atoms with Gasteiger partial charge < -0.3 is 14.8 Å². The fourth-order valence-electron chi connectivity index (χ4n) is 2.62. The van der Waals surface area contributed by atoms with Crippen molar-refractivity contribution in [3.05, 3.63) is 36.7 Å². The first kappa shape index (κ1) is 15.4. The first-order chi connectivity index (χ1) is 11.3. The van der Waals surface area contributed by atoms with Crippen molar-refractivity contribution in [2.24, 2.45) is 5.92 Å². The smallest absolute Gasteiger partial charge is 0.228 e. The van der Waals surface area contributed by atoms with Crippen LogP contribution >= 0.6 is 0 Å². The van der Waals surface area contributed by atoms with Crippen LogP contribution in [0.5, 0.6) is 5.75 Å². The second-order valence-electron chi connectivity index (χ2n) is 5.36. The lowest BCUT2D eigenvalue weighted by Gasteiger charge is -2.21. The number of hydrogen-bond donors (Lipinski definition) is 1. The Morgan fingerprint density at radius 2 is 2.04 bits per heavy atom. The van der Waals surface area contributed by atoms with Gasteiger partial charge in [-0.25, -0.2) is 9.97 Å². The molecule has 0 spiro atoms. The van der Waals surface area contributed by atoms with Gasteiger partial charge in [0.25, 0.3) is 0 Å². The highest BCUT2D eigenvalue weighted by molar-refractivity contribution is 5.92. The van der Waals surface area contributed by atoms with Crippen molar-refractivity contribution in [2.75, 3.05) is 25.6 Å². The minimum Gasteiger partial charge on any atom is -0.496 e. The molecule has 0 bridgehead atoms. The standard InChI is InChI=1S/C17H19N3O3/c1-22-15-5-3-2-4-13(15)14-10-16(19-11-18-14)20-17(21)12-6-8-23-9-7-12/h2-5,10-12H,6-9H2,1H3,(H,18,19,20,21). The number of carbonyl (C=O) groups excluding carboxylic acids is 1. The number of nitrogens with one attached hydrogen (secondary N) is 1. The Labute approximate surface area is 134 Å². The molecule has 0 unspecified atom stereocenters. The summed E-state index contributed by atoms with van der Waals surface area (Å²) in [6, 6.07) is 9.37. The van der Waals surface area contributed by atoms with Crippen molar-refractivity contribution in [1.82, 2.24) is 9.97 Å². The maximum Gasteiger partial charge on any atom is 0.228 e. The molecule has 120 valence electrons. The molecular weight excluding hydrogens is 294 g/mol. The van der Waals surface area contributed by atoms with Crippen LogP contribution in [-0.4, -0.2) is 36.2 Å². The van der Waals surface area contributed by atoms with E-state index in [-0.39, 0.29) is 11.8 Å². The summed E-state index contributed by atoms with van der Waals surface area (Å²) in [5.41, 5.74) is 1.57. The molecule has 6 nitrogen and oxygen atoms in total. The van der Waals surface area contributed by atoms with E-state index < -0.39 is 0 Å². The molecule has 1 aliphatic heterocycles. The molecular formula is C17H19N3O3. The van der Waals surface area contributed by atoms with E-state index in [0.29, 0.717) is 24.7 Å². The normalized spacial score (nSPS) is 15.2. The Bertz CT molecular complexity index is 684. The predicted octanol–water partition coefficient (Wildman–Crippen LogP) is 2.52. The lowest BCUT2D eigenvalue weighted by atomic mass is 9.99.